The van der Waals surface area contributed by atoms with Crippen LogP contribution in [0.15, 0.2) is 41.3 Å². The molecule has 2 aliphatic rings. The van der Waals surface area contributed by atoms with Crippen LogP contribution in [0.2, 0.25) is 0 Å². The van der Waals surface area contributed by atoms with E-state index in [-0.39, 0.29) is 16.1 Å². The van der Waals surface area contributed by atoms with Gasteiger partial charge >= 0.3 is 12.0 Å². The highest BCUT2D eigenvalue weighted by Crippen LogP contribution is 2.32. The first kappa shape index (κ1) is 19.9. The van der Waals surface area contributed by atoms with Gasteiger partial charge in [0, 0.05) is 5.69 Å². The summed E-state index contributed by atoms with van der Waals surface area (Å²) >= 11 is 0. The van der Waals surface area contributed by atoms with E-state index in [1.54, 1.807) is 12.1 Å². The molecule has 2 aromatic rings. The van der Waals surface area contributed by atoms with Crippen molar-refractivity contribution in [2.45, 2.75) is 36.6 Å². The average Bonchev–Trinajstić information content (AvgIpc) is 3.24. The number of anilines is 1. The number of urea groups is 1. The van der Waals surface area contributed by atoms with E-state index in [1.807, 2.05) is 0 Å². The molecule has 9 nitrogen and oxygen atoms in total. The summed E-state index contributed by atoms with van der Waals surface area (Å²) in [6, 6.07) is 8.20. The van der Waals surface area contributed by atoms with Gasteiger partial charge in [0.15, 0.2) is 0 Å². The summed E-state index contributed by atoms with van der Waals surface area (Å²) in [6.07, 6.45) is 1.93. The Morgan fingerprint density at radius 1 is 1.17 bits per heavy atom. The third-order valence-electron chi connectivity index (χ3n) is 5.45. The average molecular weight is 429 g/mol. The third-order valence-corrected chi connectivity index (χ3v) is 6.90. The molecule has 10 heteroatoms. The standard InChI is InChI=1S/C20H19N3O6S/c1-20(18(26)21-19(27)22-20)13-5-3-6-14(10-13)23-30(28,29)16-9-12(17(24)25)8-11-4-2-7-15(11)16/h3,5-6,8-10,23H,2,4,7H2,1H3,(H,24,25)(H2,21,22,26,27). The van der Waals surface area contributed by atoms with Crippen LogP contribution < -0.4 is 15.4 Å². The largest absolute Gasteiger partial charge is 0.478 e. The molecule has 156 valence electrons. The van der Waals surface area contributed by atoms with Gasteiger partial charge in [0.25, 0.3) is 15.9 Å². The molecule has 2 aromatic carbocycles. The number of rotatable bonds is 5. The molecule has 4 N–H and O–H groups in total. The van der Waals surface area contributed by atoms with E-state index in [2.05, 4.69) is 15.4 Å². The Labute approximate surface area is 172 Å². The molecule has 4 rings (SSSR count). The number of amides is 3. The van der Waals surface area contributed by atoms with Crippen LogP contribution in [-0.4, -0.2) is 31.4 Å². The fourth-order valence-electron chi connectivity index (χ4n) is 3.88. The van der Waals surface area contributed by atoms with E-state index in [1.165, 1.54) is 31.2 Å². The Morgan fingerprint density at radius 2 is 1.93 bits per heavy atom. The smallest absolute Gasteiger partial charge is 0.335 e. The monoisotopic (exact) mass is 429 g/mol. The Morgan fingerprint density at radius 3 is 2.60 bits per heavy atom. The van der Waals surface area contributed by atoms with Crippen LogP contribution in [0.1, 0.15) is 40.4 Å². The molecule has 0 radical (unpaired) electrons. The zero-order chi connectivity index (χ0) is 21.7. The van der Waals surface area contributed by atoms with E-state index in [0.717, 1.165) is 12.0 Å². The zero-order valence-corrected chi connectivity index (χ0v) is 16.8. The number of fused-ring (bicyclic) bond motifs is 1. The Balaban J connectivity index is 1.71. The lowest BCUT2D eigenvalue weighted by molar-refractivity contribution is -0.123. The van der Waals surface area contributed by atoms with Gasteiger partial charge in [-0.05, 0) is 67.1 Å². The number of sulfonamides is 1. The van der Waals surface area contributed by atoms with Gasteiger partial charge < -0.3 is 10.4 Å². The van der Waals surface area contributed by atoms with Crippen molar-refractivity contribution in [2.75, 3.05) is 4.72 Å². The Bertz CT molecular complexity index is 1210. The minimum absolute atomic E-state index is 0.0570. The number of nitrogens with one attached hydrogen (secondary N) is 3. The molecule has 1 unspecified atom stereocenters. The molecule has 1 aliphatic heterocycles. The SMILES string of the molecule is CC1(c2cccc(NS(=O)(=O)c3cc(C(=O)O)cc4c3CCC4)c2)NC(=O)NC1=O. The molecule has 1 saturated heterocycles. The fourth-order valence-corrected chi connectivity index (χ4v) is 5.27. The van der Waals surface area contributed by atoms with E-state index in [0.29, 0.717) is 24.0 Å². The van der Waals surface area contributed by atoms with Crippen LogP contribution in [0.3, 0.4) is 0 Å². The summed E-state index contributed by atoms with van der Waals surface area (Å²) in [5.41, 5.74) is 0.525. The van der Waals surface area contributed by atoms with Gasteiger partial charge in [-0.2, -0.15) is 0 Å². The van der Waals surface area contributed by atoms with Crippen LogP contribution in [0.4, 0.5) is 10.5 Å². The number of hydrogen-bond acceptors (Lipinski definition) is 5. The fraction of sp³-hybridized carbons (Fsp3) is 0.250. The number of aromatic carboxylic acids is 1. The van der Waals surface area contributed by atoms with Crippen LogP contribution in [0.25, 0.3) is 0 Å². The van der Waals surface area contributed by atoms with Gasteiger partial charge in [-0.1, -0.05) is 12.1 Å². The van der Waals surface area contributed by atoms with E-state index in [4.69, 9.17) is 0 Å². The second kappa shape index (κ2) is 6.84. The van der Waals surface area contributed by atoms with Crippen molar-refractivity contribution in [1.29, 1.82) is 0 Å². The van der Waals surface area contributed by atoms with Gasteiger partial charge in [-0.3, -0.25) is 14.8 Å². The van der Waals surface area contributed by atoms with Crippen molar-refractivity contribution in [2.24, 2.45) is 0 Å². The molecular formula is C20H19N3O6S. The first-order chi connectivity index (χ1) is 14.1. The van der Waals surface area contributed by atoms with Crippen LogP contribution >= 0.6 is 0 Å². The zero-order valence-electron chi connectivity index (χ0n) is 16.0. The molecule has 0 saturated carbocycles. The maximum atomic E-state index is 13.1. The van der Waals surface area contributed by atoms with Crippen molar-refractivity contribution in [1.82, 2.24) is 10.6 Å². The maximum Gasteiger partial charge on any atom is 0.335 e. The second-order valence-corrected chi connectivity index (χ2v) is 9.14. The van der Waals surface area contributed by atoms with Crippen LogP contribution in [0.5, 0.6) is 0 Å². The third kappa shape index (κ3) is 3.28. The molecule has 1 atom stereocenters. The molecule has 1 heterocycles. The quantitative estimate of drug-likeness (QED) is 0.533. The lowest BCUT2D eigenvalue weighted by Crippen LogP contribution is -2.40. The summed E-state index contributed by atoms with van der Waals surface area (Å²) in [7, 11) is -4.08. The lowest BCUT2D eigenvalue weighted by atomic mass is 9.92. The normalized spacial score (nSPS) is 20.4. The first-order valence-electron chi connectivity index (χ1n) is 9.26. The Hall–Kier alpha value is -3.40. The molecule has 0 spiro atoms. The minimum Gasteiger partial charge on any atom is -0.478 e. The predicted molar refractivity (Wildman–Crippen MR) is 107 cm³/mol. The van der Waals surface area contributed by atoms with Crippen molar-refractivity contribution >= 4 is 33.6 Å². The second-order valence-electron chi connectivity index (χ2n) is 7.49. The summed E-state index contributed by atoms with van der Waals surface area (Å²) in [5, 5.41) is 14.0. The van der Waals surface area contributed by atoms with Crippen molar-refractivity contribution in [3.63, 3.8) is 0 Å². The maximum absolute atomic E-state index is 13.1. The highest BCUT2D eigenvalue weighted by atomic mass is 32.2. The van der Waals surface area contributed by atoms with E-state index < -0.39 is 33.5 Å². The summed E-state index contributed by atoms with van der Waals surface area (Å²) in [4.78, 5) is 35.1. The van der Waals surface area contributed by atoms with Crippen molar-refractivity contribution < 1.29 is 27.9 Å². The molecule has 0 aromatic heterocycles. The van der Waals surface area contributed by atoms with Gasteiger partial charge in [0.05, 0.1) is 10.5 Å². The van der Waals surface area contributed by atoms with Crippen LogP contribution in [0, 0.1) is 0 Å². The van der Waals surface area contributed by atoms with Gasteiger partial charge in [-0.25, -0.2) is 18.0 Å². The molecule has 1 fully saturated rings. The summed E-state index contributed by atoms with van der Waals surface area (Å²) < 4.78 is 28.7. The minimum atomic E-state index is -4.08. The topological polar surface area (TPSA) is 142 Å². The number of carboxylic acids is 1. The summed E-state index contributed by atoms with van der Waals surface area (Å²) in [6.45, 7) is 1.52. The number of imide groups is 1. The summed E-state index contributed by atoms with van der Waals surface area (Å²) in [5.74, 6) is -1.74. The highest BCUT2D eigenvalue weighted by molar-refractivity contribution is 7.92. The molecule has 0 bridgehead atoms. The number of carbonyl (C=O) groups excluding carboxylic acids is 2. The lowest BCUT2D eigenvalue weighted by Gasteiger charge is -2.22. The number of carboxylic acid groups (broad SMARTS) is 1. The molecule has 1 aliphatic carbocycles. The number of aryl methyl sites for hydroxylation is 1. The van der Waals surface area contributed by atoms with Gasteiger partial charge in [-0.15, -0.1) is 0 Å². The van der Waals surface area contributed by atoms with Gasteiger partial charge in [0.1, 0.15) is 5.54 Å². The Kier molecular flexibility index (Phi) is 4.53. The molecule has 3 amide bonds. The first-order valence-corrected chi connectivity index (χ1v) is 10.7. The number of carbonyl (C=O) groups is 3. The highest BCUT2D eigenvalue weighted by Gasteiger charge is 2.43. The number of benzene rings is 2. The predicted octanol–water partition coefficient (Wildman–Crippen LogP) is 1.73. The van der Waals surface area contributed by atoms with Crippen molar-refractivity contribution in [3.05, 3.63) is 58.7 Å². The van der Waals surface area contributed by atoms with E-state index in [9.17, 15) is 27.9 Å². The van der Waals surface area contributed by atoms with Gasteiger partial charge in [0.2, 0.25) is 0 Å². The molecular weight excluding hydrogens is 410 g/mol. The van der Waals surface area contributed by atoms with E-state index >= 15 is 0 Å². The number of hydrogen-bond donors (Lipinski definition) is 4. The molecule has 30 heavy (non-hydrogen) atoms. The van der Waals surface area contributed by atoms with Crippen LogP contribution in [-0.2, 0) is 33.2 Å². The van der Waals surface area contributed by atoms with Crippen molar-refractivity contribution in [3.8, 4) is 0 Å².